The summed E-state index contributed by atoms with van der Waals surface area (Å²) in [5.74, 6) is -2.97. The van der Waals surface area contributed by atoms with Gasteiger partial charge in [0.1, 0.15) is 12.4 Å². The van der Waals surface area contributed by atoms with Crippen molar-refractivity contribution < 1.29 is 41.3 Å². The molecular formula is C26H20F5NO4. The van der Waals surface area contributed by atoms with Gasteiger partial charge in [-0.05, 0) is 65.8 Å². The van der Waals surface area contributed by atoms with Gasteiger partial charge in [0.05, 0.1) is 18.1 Å². The Labute approximate surface area is 202 Å². The van der Waals surface area contributed by atoms with Crippen molar-refractivity contribution in [2.45, 2.75) is 32.0 Å². The lowest BCUT2D eigenvalue weighted by Gasteiger charge is -2.16. The SMILES string of the molecule is CCOC(=O)C1C2Cc3cc(OCc4cc(-c5ccc(O)c(F)c5)c(C(F)(F)F)cc4F)ncc3C21. The average molecular weight is 505 g/mol. The number of alkyl halides is 3. The lowest BCUT2D eigenvalue weighted by Crippen LogP contribution is -2.11. The van der Waals surface area contributed by atoms with Crippen molar-refractivity contribution in [3.8, 4) is 22.8 Å². The molecule has 0 aliphatic heterocycles. The molecule has 1 N–H and O–H groups in total. The number of halogens is 5. The molecule has 188 valence electrons. The van der Waals surface area contributed by atoms with Gasteiger partial charge in [-0.3, -0.25) is 4.79 Å². The highest BCUT2D eigenvalue weighted by molar-refractivity contribution is 5.79. The van der Waals surface area contributed by atoms with Crippen molar-refractivity contribution in [2.24, 2.45) is 11.8 Å². The molecule has 1 aromatic heterocycles. The lowest BCUT2D eigenvalue weighted by molar-refractivity contribution is -0.145. The summed E-state index contributed by atoms with van der Waals surface area (Å²) >= 11 is 0. The van der Waals surface area contributed by atoms with Crippen LogP contribution in [0.5, 0.6) is 11.6 Å². The minimum atomic E-state index is -4.90. The zero-order valence-corrected chi connectivity index (χ0v) is 18.9. The van der Waals surface area contributed by atoms with Crippen LogP contribution in [0.1, 0.15) is 35.1 Å². The van der Waals surface area contributed by atoms with Crippen LogP contribution in [0.3, 0.4) is 0 Å². The second-order valence-electron chi connectivity index (χ2n) is 8.83. The van der Waals surface area contributed by atoms with E-state index in [0.29, 0.717) is 19.1 Å². The molecule has 10 heteroatoms. The molecule has 0 amide bonds. The van der Waals surface area contributed by atoms with E-state index in [0.717, 1.165) is 35.4 Å². The maximum Gasteiger partial charge on any atom is 0.417 e. The number of aromatic nitrogens is 1. The fourth-order valence-electron chi connectivity index (χ4n) is 4.94. The number of carbonyl (C=O) groups excluding carboxylic acids is 1. The quantitative estimate of drug-likeness (QED) is 0.340. The highest BCUT2D eigenvalue weighted by Gasteiger charge is 2.60. The summed E-state index contributed by atoms with van der Waals surface area (Å²) in [5, 5.41) is 9.37. The number of phenols is 1. The molecule has 2 aliphatic rings. The number of hydrogen-bond acceptors (Lipinski definition) is 5. The number of hydrogen-bond donors (Lipinski definition) is 1. The molecule has 1 heterocycles. The van der Waals surface area contributed by atoms with Crippen LogP contribution in [0, 0.1) is 23.5 Å². The maximum absolute atomic E-state index is 14.6. The summed E-state index contributed by atoms with van der Waals surface area (Å²) in [6.45, 7) is 1.65. The van der Waals surface area contributed by atoms with E-state index in [1.54, 1.807) is 19.2 Å². The first kappa shape index (κ1) is 24.0. The normalized spacial score (nSPS) is 20.0. The van der Waals surface area contributed by atoms with Crippen molar-refractivity contribution in [1.29, 1.82) is 0 Å². The molecule has 0 radical (unpaired) electrons. The number of rotatable bonds is 6. The zero-order chi connectivity index (χ0) is 25.8. The van der Waals surface area contributed by atoms with Crippen molar-refractivity contribution in [3.63, 3.8) is 0 Å². The number of ether oxygens (including phenoxy) is 2. The summed E-state index contributed by atoms with van der Waals surface area (Å²) in [6.07, 6.45) is -2.65. The molecule has 0 bridgehead atoms. The van der Waals surface area contributed by atoms with Crippen LogP contribution in [0.25, 0.3) is 11.1 Å². The Morgan fingerprint density at radius 2 is 1.92 bits per heavy atom. The van der Waals surface area contributed by atoms with E-state index in [1.165, 1.54) is 0 Å². The predicted octanol–water partition coefficient (Wildman–Crippen LogP) is 5.78. The number of phenolic OH excluding ortho intramolecular Hbond substituents is 1. The Balaban J connectivity index is 1.37. The molecule has 1 fully saturated rings. The zero-order valence-electron chi connectivity index (χ0n) is 18.9. The Morgan fingerprint density at radius 3 is 2.61 bits per heavy atom. The molecule has 2 aromatic carbocycles. The predicted molar refractivity (Wildman–Crippen MR) is 117 cm³/mol. The fourth-order valence-corrected chi connectivity index (χ4v) is 4.94. The summed E-state index contributed by atoms with van der Waals surface area (Å²) in [4.78, 5) is 16.2. The van der Waals surface area contributed by atoms with Crippen molar-refractivity contribution >= 4 is 5.97 Å². The highest BCUT2D eigenvalue weighted by Crippen LogP contribution is 2.61. The minimum Gasteiger partial charge on any atom is -0.505 e. The third kappa shape index (κ3) is 4.25. The molecule has 5 nitrogen and oxygen atoms in total. The van der Waals surface area contributed by atoms with Gasteiger partial charge in [0, 0.05) is 23.7 Å². The number of esters is 1. The second-order valence-corrected chi connectivity index (χ2v) is 8.83. The topological polar surface area (TPSA) is 68.7 Å². The van der Waals surface area contributed by atoms with E-state index in [9.17, 15) is 31.9 Å². The first-order valence-corrected chi connectivity index (χ1v) is 11.2. The molecule has 3 aromatic rings. The van der Waals surface area contributed by atoms with E-state index in [1.807, 2.05) is 0 Å². The summed E-state index contributed by atoms with van der Waals surface area (Å²) < 4.78 is 79.9. The maximum atomic E-state index is 14.6. The smallest absolute Gasteiger partial charge is 0.417 e. The van der Waals surface area contributed by atoms with E-state index in [-0.39, 0.29) is 40.7 Å². The molecule has 3 atom stereocenters. The van der Waals surface area contributed by atoms with Gasteiger partial charge in [-0.2, -0.15) is 13.2 Å². The Hall–Kier alpha value is -3.69. The standard InChI is InChI=1S/C26H20F5NO4/c1-2-35-25(34)24-16-5-13-8-22(32-10-17(13)23(16)24)36-11-14-6-15(12-3-4-21(33)20(28)7-12)18(9-19(14)27)26(29,30)31/h3-4,6-10,16,23-24,33H,2,5,11H2,1H3. The minimum absolute atomic E-state index is 0.0567. The number of fused-ring (bicyclic) bond motifs is 3. The highest BCUT2D eigenvalue weighted by atomic mass is 19.4. The van der Waals surface area contributed by atoms with Gasteiger partial charge in [0.15, 0.2) is 11.6 Å². The van der Waals surface area contributed by atoms with Crippen LogP contribution in [-0.2, 0) is 28.7 Å². The van der Waals surface area contributed by atoms with E-state index in [2.05, 4.69) is 4.98 Å². The molecular weight excluding hydrogens is 485 g/mol. The van der Waals surface area contributed by atoms with Crippen LogP contribution in [0.2, 0.25) is 0 Å². The van der Waals surface area contributed by atoms with Gasteiger partial charge in [0.2, 0.25) is 5.88 Å². The summed E-state index contributed by atoms with van der Waals surface area (Å²) in [6, 6.07) is 5.77. The lowest BCUT2D eigenvalue weighted by atomic mass is 9.96. The van der Waals surface area contributed by atoms with Crippen molar-refractivity contribution in [2.75, 3.05) is 6.61 Å². The number of aromatic hydroxyl groups is 1. The Bertz CT molecular complexity index is 1360. The van der Waals surface area contributed by atoms with Gasteiger partial charge in [0.25, 0.3) is 0 Å². The van der Waals surface area contributed by atoms with Gasteiger partial charge in [-0.15, -0.1) is 0 Å². The second kappa shape index (κ2) is 8.76. The van der Waals surface area contributed by atoms with Gasteiger partial charge < -0.3 is 14.6 Å². The van der Waals surface area contributed by atoms with E-state index >= 15 is 0 Å². The molecule has 0 saturated heterocycles. The van der Waals surface area contributed by atoms with Crippen LogP contribution >= 0.6 is 0 Å². The van der Waals surface area contributed by atoms with Crippen LogP contribution in [-0.4, -0.2) is 22.7 Å². The molecule has 36 heavy (non-hydrogen) atoms. The molecule has 1 saturated carbocycles. The van der Waals surface area contributed by atoms with Crippen molar-refractivity contribution in [1.82, 2.24) is 4.98 Å². The average Bonchev–Trinajstić information content (AvgIpc) is 3.41. The number of nitrogens with zero attached hydrogens (tertiary/aromatic N) is 1. The van der Waals surface area contributed by atoms with Crippen molar-refractivity contribution in [3.05, 3.63) is 76.5 Å². The van der Waals surface area contributed by atoms with Crippen LogP contribution in [0.4, 0.5) is 22.0 Å². The fraction of sp³-hybridized carbons (Fsp3) is 0.308. The Morgan fingerprint density at radius 1 is 1.14 bits per heavy atom. The molecule has 3 unspecified atom stereocenters. The van der Waals surface area contributed by atoms with E-state index in [4.69, 9.17) is 9.47 Å². The number of pyridine rings is 1. The van der Waals surface area contributed by atoms with Crippen LogP contribution in [0.15, 0.2) is 42.6 Å². The van der Waals surface area contributed by atoms with Gasteiger partial charge >= 0.3 is 12.1 Å². The number of benzene rings is 2. The van der Waals surface area contributed by atoms with Crippen LogP contribution < -0.4 is 4.74 Å². The van der Waals surface area contributed by atoms with Gasteiger partial charge in [-0.1, -0.05) is 6.07 Å². The summed E-state index contributed by atoms with van der Waals surface area (Å²) in [5.41, 5.74) is -0.205. The molecule has 0 spiro atoms. The third-order valence-corrected chi connectivity index (χ3v) is 6.67. The Kier molecular flexibility index (Phi) is 5.84. The third-order valence-electron chi connectivity index (χ3n) is 6.67. The summed E-state index contributed by atoms with van der Waals surface area (Å²) in [7, 11) is 0. The molecule has 5 rings (SSSR count). The first-order valence-electron chi connectivity index (χ1n) is 11.2. The monoisotopic (exact) mass is 505 g/mol. The first-order chi connectivity index (χ1) is 17.1. The molecule has 2 aliphatic carbocycles. The number of carbonyl (C=O) groups is 1. The largest absolute Gasteiger partial charge is 0.505 e. The van der Waals surface area contributed by atoms with E-state index < -0.39 is 41.3 Å². The van der Waals surface area contributed by atoms with Gasteiger partial charge in [-0.25, -0.2) is 13.8 Å².